The summed E-state index contributed by atoms with van der Waals surface area (Å²) in [6.45, 7) is 4.97. The lowest BCUT2D eigenvalue weighted by molar-refractivity contribution is 0.149. The normalized spacial score (nSPS) is 18.5. The van der Waals surface area contributed by atoms with Crippen LogP contribution in [0.25, 0.3) is 0 Å². The zero-order chi connectivity index (χ0) is 10.1. The summed E-state index contributed by atoms with van der Waals surface area (Å²) in [5.41, 5.74) is 2.22. The Morgan fingerprint density at radius 2 is 2.36 bits per heavy atom. The molecule has 1 atom stereocenters. The molecular weight excluding hydrogens is 176 g/mol. The van der Waals surface area contributed by atoms with Crippen molar-refractivity contribution in [1.82, 2.24) is 9.78 Å². The third kappa shape index (κ3) is 1.98. The summed E-state index contributed by atoms with van der Waals surface area (Å²) in [6.07, 6.45) is 3.00. The highest BCUT2D eigenvalue weighted by Gasteiger charge is 2.30. The van der Waals surface area contributed by atoms with Crippen molar-refractivity contribution in [1.29, 1.82) is 0 Å². The van der Waals surface area contributed by atoms with Gasteiger partial charge < -0.3 is 5.11 Å². The summed E-state index contributed by atoms with van der Waals surface area (Å²) in [4.78, 5) is 0. The average Bonchev–Trinajstić information content (AvgIpc) is 2.92. The number of aromatic nitrogens is 2. The van der Waals surface area contributed by atoms with Gasteiger partial charge in [0.15, 0.2) is 0 Å². The van der Waals surface area contributed by atoms with E-state index in [0.717, 1.165) is 18.7 Å². The van der Waals surface area contributed by atoms with Crippen LogP contribution in [0.4, 0.5) is 0 Å². The lowest BCUT2D eigenvalue weighted by Gasteiger charge is -2.09. The maximum absolute atomic E-state index is 9.83. The van der Waals surface area contributed by atoms with E-state index in [1.54, 1.807) is 0 Å². The van der Waals surface area contributed by atoms with Gasteiger partial charge in [0.25, 0.3) is 0 Å². The fourth-order valence-corrected chi connectivity index (χ4v) is 1.90. The third-order valence-electron chi connectivity index (χ3n) is 2.87. The van der Waals surface area contributed by atoms with Gasteiger partial charge in [-0.2, -0.15) is 5.10 Å². The predicted octanol–water partition coefficient (Wildman–Crippen LogP) is 1.52. The summed E-state index contributed by atoms with van der Waals surface area (Å²) >= 11 is 0. The lowest BCUT2D eigenvalue weighted by atomic mass is 10.1. The molecule has 1 fully saturated rings. The molecule has 1 aliphatic rings. The molecule has 1 aromatic heterocycles. The number of aliphatic hydroxyl groups excluding tert-OH is 1. The van der Waals surface area contributed by atoms with Gasteiger partial charge in [-0.15, -0.1) is 0 Å². The van der Waals surface area contributed by atoms with Crippen molar-refractivity contribution in [2.75, 3.05) is 0 Å². The predicted molar refractivity (Wildman–Crippen MR) is 55.1 cm³/mol. The Hall–Kier alpha value is -0.830. The second kappa shape index (κ2) is 3.73. The molecule has 2 rings (SSSR count). The summed E-state index contributed by atoms with van der Waals surface area (Å²) in [5, 5.41) is 14.2. The van der Waals surface area contributed by atoms with E-state index >= 15 is 0 Å². The van der Waals surface area contributed by atoms with Crippen molar-refractivity contribution in [3.8, 4) is 0 Å². The first-order chi connectivity index (χ1) is 6.70. The van der Waals surface area contributed by atoms with Crippen LogP contribution >= 0.6 is 0 Å². The molecule has 14 heavy (non-hydrogen) atoms. The van der Waals surface area contributed by atoms with Gasteiger partial charge in [0.05, 0.1) is 11.8 Å². The van der Waals surface area contributed by atoms with E-state index < -0.39 is 0 Å². The number of nitrogens with zero attached hydrogens (tertiary/aromatic N) is 2. The van der Waals surface area contributed by atoms with Crippen LogP contribution in [0.1, 0.15) is 31.2 Å². The van der Waals surface area contributed by atoms with Gasteiger partial charge in [0.2, 0.25) is 0 Å². The fraction of sp³-hybridized carbons (Fsp3) is 0.727. The summed E-state index contributed by atoms with van der Waals surface area (Å²) in [6, 6.07) is 2.08. The highest BCUT2D eigenvalue weighted by atomic mass is 16.3. The first-order valence-electron chi connectivity index (χ1n) is 5.42. The molecule has 3 nitrogen and oxygen atoms in total. The Bertz CT molecular complexity index is 315. The molecule has 0 aliphatic heterocycles. The van der Waals surface area contributed by atoms with Gasteiger partial charge in [-0.05, 0) is 38.7 Å². The lowest BCUT2D eigenvalue weighted by Crippen LogP contribution is -2.16. The van der Waals surface area contributed by atoms with Gasteiger partial charge in [-0.3, -0.25) is 4.68 Å². The maximum atomic E-state index is 9.83. The fourth-order valence-electron chi connectivity index (χ4n) is 1.90. The number of rotatable bonds is 4. The second-order valence-electron chi connectivity index (χ2n) is 4.20. The first kappa shape index (κ1) is 9.71. The molecule has 78 valence electrons. The Labute approximate surface area is 84.7 Å². The van der Waals surface area contributed by atoms with Crippen molar-refractivity contribution >= 4 is 0 Å². The van der Waals surface area contributed by atoms with E-state index in [2.05, 4.69) is 18.1 Å². The van der Waals surface area contributed by atoms with Gasteiger partial charge >= 0.3 is 0 Å². The minimum absolute atomic E-state index is 0.156. The van der Waals surface area contributed by atoms with Crippen molar-refractivity contribution in [3.05, 3.63) is 17.5 Å². The van der Waals surface area contributed by atoms with E-state index in [1.807, 2.05) is 11.6 Å². The minimum atomic E-state index is -0.156. The zero-order valence-corrected chi connectivity index (χ0v) is 8.90. The SMILES string of the molecule is CCn1nc(C)cc1CC(O)C1CC1. The Balaban J connectivity index is 2.06. The van der Waals surface area contributed by atoms with E-state index in [-0.39, 0.29) is 6.10 Å². The van der Waals surface area contributed by atoms with Crippen LogP contribution in [0.3, 0.4) is 0 Å². The maximum Gasteiger partial charge on any atom is 0.0623 e. The monoisotopic (exact) mass is 194 g/mol. The molecule has 1 N–H and O–H groups in total. The van der Waals surface area contributed by atoms with Crippen LogP contribution in [0, 0.1) is 12.8 Å². The molecule has 0 radical (unpaired) electrons. The van der Waals surface area contributed by atoms with Crippen molar-refractivity contribution in [3.63, 3.8) is 0 Å². The number of aryl methyl sites for hydroxylation is 2. The van der Waals surface area contributed by atoms with Gasteiger partial charge in [-0.25, -0.2) is 0 Å². The molecular formula is C11H18N2O. The Kier molecular flexibility index (Phi) is 2.59. The second-order valence-corrected chi connectivity index (χ2v) is 4.20. The van der Waals surface area contributed by atoms with Crippen LogP contribution in [-0.2, 0) is 13.0 Å². The largest absolute Gasteiger partial charge is 0.392 e. The molecule has 0 spiro atoms. The average molecular weight is 194 g/mol. The Morgan fingerprint density at radius 1 is 1.64 bits per heavy atom. The minimum Gasteiger partial charge on any atom is -0.392 e. The number of hydrogen-bond donors (Lipinski definition) is 1. The van der Waals surface area contributed by atoms with Crippen molar-refractivity contribution in [2.24, 2.45) is 5.92 Å². The molecule has 0 aromatic carbocycles. The molecule has 0 amide bonds. The third-order valence-corrected chi connectivity index (χ3v) is 2.87. The van der Waals surface area contributed by atoms with E-state index in [0.29, 0.717) is 5.92 Å². The Morgan fingerprint density at radius 3 is 2.93 bits per heavy atom. The molecule has 1 unspecified atom stereocenters. The van der Waals surface area contributed by atoms with Crippen molar-refractivity contribution in [2.45, 2.75) is 45.8 Å². The van der Waals surface area contributed by atoms with Crippen LogP contribution < -0.4 is 0 Å². The van der Waals surface area contributed by atoms with E-state index in [4.69, 9.17) is 0 Å². The molecule has 1 heterocycles. The van der Waals surface area contributed by atoms with Crippen LogP contribution in [-0.4, -0.2) is 21.0 Å². The number of hydrogen-bond acceptors (Lipinski definition) is 2. The summed E-state index contributed by atoms with van der Waals surface area (Å²) in [7, 11) is 0. The van der Waals surface area contributed by atoms with Gasteiger partial charge in [0, 0.05) is 18.7 Å². The number of aliphatic hydroxyl groups is 1. The zero-order valence-electron chi connectivity index (χ0n) is 8.90. The van der Waals surface area contributed by atoms with Crippen LogP contribution in [0.15, 0.2) is 6.07 Å². The highest BCUT2D eigenvalue weighted by molar-refractivity contribution is 5.10. The molecule has 1 aliphatic carbocycles. The molecule has 3 heteroatoms. The van der Waals surface area contributed by atoms with E-state index in [9.17, 15) is 5.11 Å². The van der Waals surface area contributed by atoms with Crippen LogP contribution in [0.2, 0.25) is 0 Å². The first-order valence-corrected chi connectivity index (χ1v) is 5.42. The van der Waals surface area contributed by atoms with E-state index in [1.165, 1.54) is 18.5 Å². The van der Waals surface area contributed by atoms with Crippen molar-refractivity contribution < 1.29 is 5.11 Å². The summed E-state index contributed by atoms with van der Waals surface area (Å²) in [5.74, 6) is 0.551. The topological polar surface area (TPSA) is 38.0 Å². The standard InChI is InChI=1S/C11H18N2O/c1-3-13-10(6-8(2)12-13)7-11(14)9-4-5-9/h6,9,11,14H,3-5,7H2,1-2H3. The molecule has 0 saturated heterocycles. The molecule has 1 saturated carbocycles. The highest BCUT2D eigenvalue weighted by Crippen LogP contribution is 2.33. The molecule has 1 aromatic rings. The quantitative estimate of drug-likeness (QED) is 0.789. The molecule has 0 bridgehead atoms. The van der Waals surface area contributed by atoms with Gasteiger partial charge in [-0.1, -0.05) is 0 Å². The van der Waals surface area contributed by atoms with Gasteiger partial charge in [0.1, 0.15) is 0 Å². The van der Waals surface area contributed by atoms with Crippen LogP contribution in [0.5, 0.6) is 0 Å². The smallest absolute Gasteiger partial charge is 0.0623 e. The summed E-state index contributed by atoms with van der Waals surface area (Å²) < 4.78 is 1.99.